The Morgan fingerprint density at radius 2 is 0.855 bits per heavy atom. The lowest BCUT2D eigenvalue weighted by Crippen LogP contribution is -2.00. The third-order valence-corrected chi connectivity index (χ3v) is 9.95. The Morgan fingerprint density at radius 3 is 1.44 bits per heavy atom. The zero-order valence-electron chi connectivity index (χ0n) is 29.7. The minimum atomic E-state index is 0.635. The summed E-state index contributed by atoms with van der Waals surface area (Å²) in [5.41, 5.74) is 11.2. The highest BCUT2D eigenvalue weighted by molar-refractivity contribution is 6.06. The highest BCUT2D eigenvalue weighted by Gasteiger charge is 2.18. The van der Waals surface area contributed by atoms with Gasteiger partial charge >= 0.3 is 0 Å². The van der Waals surface area contributed by atoms with Crippen LogP contribution >= 0.6 is 0 Å². The number of benzene rings is 7. The van der Waals surface area contributed by atoms with Gasteiger partial charge in [-0.05, 0) is 69.4 Å². The first-order chi connectivity index (χ1) is 27.3. The Hall–Kier alpha value is -7.57. The molecule has 0 atom stereocenters. The number of aromatic nitrogens is 6. The number of para-hydroxylation sites is 1. The maximum absolute atomic E-state index is 5.07. The van der Waals surface area contributed by atoms with Gasteiger partial charge in [0, 0.05) is 28.6 Å². The standard InChI is InChI=1S/C49H32N6/c1-4-14-34(15-5-1)46-52-47(35-16-6-2-7-17-35)54-48(53-46)36-25-23-33(24-26-36)39-28-29-40(42-21-11-10-20-41(39)42)37-27-30-43-45(32-37)55(38-18-8-3-9-19-38)49(51-43)44-22-12-13-31-50-44/h1-32H. The van der Waals surface area contributed by atoms with Crippen LogP contribution in [0.3, 0.4) is 0 Å². The molecular formula is C49H32N6. The fourth-order valence-electron chi connectivity index (χ4n) is 7.29. The Bertz CT molecular complexity index is 2890. The van der Waals surface area contributed by atoms with Crippen LogP contribution in [0, 0.1) is 0 Å². The summed E-state index contributed by atoms with van der Waals surface area (Å²) in [5, 5.41) is 2.35. The summed E-state index contributed by atoms with van der Waals surface area (Å²) in [4.78, 5) is 24.4. The second kappa shape index (κ2) is 13.8. The molecule has 10 aromatic rings. The molecule has 0 aliphatic carbocycles. The fourth-order valence-corrected chi connectivity index (χ4v) is 7.29. The van der Waals surface area contributed by atoms with Crippen LogP contribution in [0.2, 0.25) is 0 Å². The molecule has 0 saturated carbocycles. The first-order valence-corrected chi connectivity index (χ1v) is 18.3. The summed E-state index contributed by atoms with van der Waals surface area (Å²) >= 11 is 0. The van der Waals surface area contributed by atoms with Crippen LogP contribution in [0.4, 0.5) is 0 Å². The van der Waals surface area contributed by atoms with Gasteiger partial charge in [0.05, 0.1) is 11.0 Å². The van der Waals surface area contributed by atoms with E-state index >= 15 is 0 Å². The van der Waals surface area contributed by atoms with Crippen molar-refractivity contribution in [3.05, 3.63) is 194 Å². The summed E-state index contributed by atoms with van der Waals surface area (Å²) in [6.45, 7) is 0. The molecule has 258 valence electrons. The third kappa shape index (κ3) is 6.02. The second-order valence-electron chi connectivity index (χ2n) is 13.3. The van der Waals surface area contributed by atoms with Crippen molar-refractivity contribution >= 4 is 21.8 Å². The molecule has 6 heteroatoms. The van der Waals surface area contributed by atoms with E-state index < -0.39 is 0 Å². The van der Waals surface area contributed by atoms with E-state index in [9.17, 15) is 0 Å². The maximum Gasteiger partial charge on any atom is 0.164 e. The number of pyridine rings is 1. The first kappa shape index (κ1) is 32.1. The zero-order valence-corrected chi connectivity index (χ0v) is 29.7. The van der Waals surface area contributed by atoms with Crippen molar-refractivity contribution in [2.75, 3.05) is 0 Å². The van der Waals surface area contributed by atoms with E-state index in [1.54, 1.807) is 0 Å². The highest BCUT2D eigenvalue weighted by Crippen LogP contribution is 2.38. The Labute approximate surface area is 318 Å². The summed E-state index contributed by atoms with van der Waals surface area (Å²) < 4.78 is 2.21. The summed E-state index contributed by atoms with van der Waals surface area (Å²) in [5.74, 6) is 2.74. The van der Waals surface area contributed by atoms with Crippen molar-refractivity contribution < 1.29 is 0 Å². The molecule has 0 radical (unpaired) electrons. The molecule has 0 bridgehead atoms. The van der Waals surface area contributed by atoms with Crippen molar-refractivity contribution in [2.45, 2.75) is 0 Å². The molecular weight excluding hydrogens is 673 g/mol. The van der Waals surface area contributed by atoms with Gasteiger partial charge in [-0.2, -0.15) is 0 Å². The summed E-state index contributed by atoms with van der Waals surface area (Å²) in [6.07, 6.45) is 1.81. The minimum absolute atomic E-state index is 0.635. The maximum atomic E-state index is 5.07. The van der Waals surface area contributed by atoms with E-state index in [1.807, 2.05) is 91.1 Å². The van der Waals surface area contributed by atoms with Crippen molar-refractivity contribution in [3.63, 3.8) is 0 Å². The Morgan fingerprint density at radius 1 is 0.364 bits per heavy atom. The smallest absolute Gasteiger partial charge is 0.164 e. The third-order valence-electron chi connectivity index (χ3n) is 9.95. The van der Waals surface area contributed by atoms with Crippen molar-refractivity contribution in [1.29, 1.82) is 0 Å². The van der Waals surface area contributed by atoms with Crippen molar-refractivity contribution in [2.24, 2.45) is 0 Å². The van der Waals surface area contributed by atoms with Gasteiger partial charge in [0.2, 0.25) is 0 Å². The number of fused-ring (bicyclic) bond motifs is 2. The van der Waals surface area contributed by atoms with Crippen LogP contribution in [-0.2, 0) is 0 Å². The van der Waals surface area contributed by atoms with E-state index in [0.29, 0.717) is 17.5 Å². The fraction of sp³-hybridized carbons (Fsp3) is 0. The molecule has 0 spiro atoms. The van der Waals surface area contributed by atoms with E-state index in [1.165, 1.54) is 10.8 Å². The molecule has 6 nitrogen and oxygen atoms in total. The van der Waals surface area contributed by atoms with Crippen LogP contribution in [0.5, 0.6) is 0 Å². The number of rotatable bonds is 7. The van der Waals surface area contributed by atoms with E-state index in [2.05, 4.69) is 113 Å². The van der Waals surface area contributed by atoms with Crippen molar-refractivity contribution in [1.82, 2.24) is 29.5 Å². The zero-order chi connectivity index (χ0) is 36.6. The average Bonchev–Trinajstić information content (AvgIpc) is 3.66. The summed E-state index contributed by atoms with van der Waals surface area (Å²) in [6, 6.07) is 64.6. The van der Waals surface area contributed by atoms with Crippen LogP contribution in [-0.4, -0.2) is 29.5 Å². The lowest BCUT2D eigenvalue weighted by molar-refractivity contribution is 1.07. The van der Waals surface area contributed by atoms with E-state index in [4.69, 9.17) is 19.9 Å². The van der Waals surface area contributed by atoms with Gasteiger partial charge in [-0.3, -0.25) is 9.55 Å². The molecule has 0 aliphatic heterocycles. The average molecular weight is 705 g/mol. The Kier molecular flexibility index (Phi) is 8.04. The number of hydrogen-bond acceptors (Lipinski definition) is 5. The molecule has 0 fully saturated rings. The lowest BCUT2D eigenvalue weighted by atomic mass is 9.91. The predicted molar refractivity (Wildman–Crippen MR) is 222 cm³/mol. The van der Waals surface area contributed by atoms with E-state index in [-0.39, 0.29) is 0 Å². The van der Waals surface area contributed by atoms with Gasteiger partial charge in [-0.1, -0.05) is 152 Å². The molecule has 0 aliphatic rings. The molecule has 0 amide bonds. The van der Waals surface area contributed by atoms with Crippen LogP contribution in [0.15, 0.2) is 194 Å². The van der Waals surface area contributed by atoms with Gasteiger partial charge in [-0.15, -0.1) is 0 Å². The molecule has 7 aromatic carbocycles. The molecule has 55 heavy (non-hydrogen) atoms. The molecule has 0 N–H and O–H groups in total. The number of hydrogen-bond donors (Lipinski definition) is 0. The summed E-state index contributed by atoms with van der Waals surface area (Å²) in [7, 11) is 0. The van der Waals surface area contributed by atoms with E-state index in [0.717, 1.165) is 67.2 Å². The second-order valence-corrected chi connectivity index (χ2v) is 13.3. The molecule has 3 heterocycles. The van der Waals surface area contributed by atoms with Crippen LogP contribution in [0.1, 0.15) is 0 Å². The van der Waals surface area contributed by atoms with Gasteiger partial charge in [0.1, 0.15) is 5.69 Å². The van der Waals surface area contributed by atoms with Gasteiger partial charge < -0.3 is 0 Å². The van der Waals surface area contributed by atoms with Crippen molar-refractivity contribution in [3.8, 4) is 73.6 Å². The minimum Gasteiger partial charge on any atom is -0.291 e. The van der Waals surface area contributed by atoms with Crippen LogP contribution < -0.4 is 0 Å². The largest absolute Gasteiger partial charge is 0.291 e. The SMILES string of the molecule is c1ccc(-c2nc(-c3ccccc3)nc(-c3ccc(-c4ccc(-c5ccc6nc(-c7ccccn7)n(-c7ccccc7)c6c5)c5ccccc45)cc3)n2)cc1. The number of nitrogens with zero attached hydrogens (tertiary/aromatic N) is 6. The topological polar surface area (TPSA) is 69.4 Å². The molecule has 0 saturated heterocycles. The lowest BCUT2D eigenvalue weighted by Gasteiger charge is -2.14. The number of imidazole rings is 1. The molecule has 3 aromatic heterocycles. The monoisotopic (exact) mass is 704 g/mol. The normalized spacial score (nSPS) is 11.3. The van der Waals surface area contributed by atoms with Gasteiger partial charge in [0.25, 0.3) is 0 Å². The first-order valence-electron chi connectivity index (χ1n) is 18.3. The molecule has 0 unspecified atom stereocenters. The highest BCUT2D eigenvalue weighted by atomic mass is 15.1. The van der Waals surface area contributed by atoms with Gasteiger partial charge in [-0.25, -0.2) is 19.9 Å². The van der Waals surface area contributed by atoms with Crippen LogP contribution in [0.25, 0.3) is 95.4 Å². The quantitative estimate of drug-likeness (QED) is 0.165. The predicted octanol–water partition coefficient (Wildman–Crippen LogP) is 11.8. The van der Waals surface area contributed by atoms with Gasteiger partial charge in [0.15, 0.2) is 23.3 Å². The molecule has 10 rings (SSSR count). The Balaban J connectivity index is 1.05.